The SMILES string of the molecule is Cc1ccc(NC(=O)COC(=O)/C=C/c2c(C)nn(-c3ccccc3)c2C)cc1C. The molecule has 1 N–H and O–H groups in total. The molecule has 0 radical (unpaired) electrons. The van der Waals surface area contributed by atoms with Crippen LogP contribution in [-0.4, -0.2) is 28.3 Å². The fraction of sp³-hybridized carbons (Fsp3) is 0.208. The van der Waals surface area contributed by atoms with Crippen LogP contribution in [0, 0.1) is 27.7 Å². The van der Waals surface area contributed by atoms with Crippen LogP contribution in [0.2, 0.25) is 0 Å². The van der Waals surface area contributed by atoms with E-state index in [-0.39, 0.29) is 12.5 Å². The van der Waals surface area contributed by atoms with Crippen LogP contribution in [0.3, 0.4) is 0 Å². The van der Waals surface area contributed by atoms with Crippen LogP contribution in [0.5, 0.6) is 0 Å². The number of nitrogens with one attached hydrogen (secondary N) is 1. The van der Waals surface area contributed by atoms with E-state index in [0.717, 1.165) is 33.8 Å². The molecule has 154 valence electrons. The van der Waals surface area contributed by atoms with E-state index in [4.69, 9.17) is 4.74 Å². The smallest absolute Gasteiger partial charge is 0.331 e. The minimum Gasteiger partial charge on any atom is -0.452 e. The highest BCUT2D eigenvalue weighted by molar-refractivity contribution is 5.94. The molecule has 1 amide bonds. The molecule has 0 fully saturated rings. The Bertz CT molecular complexity index is 1100. The number of carbonyl (C=O) groups is 2. The molecule has 0 aliphatic rings. The number of esters is 1. The summed E-state index contributed by atoms with van der Waals surface area (Å²) in [6, 6.07) is 15.4. The van der Waals surface area contributed by atoms with Crippen LogP contribution in [0.15, 0.2) is 54.6 Å². The Kier molecular flexibility index (Phi) is 6.47. The first-order valence-corrected chi connectivity index (χ1v) is 9.68. The number of aryl methyl sites for hydroxylation is 3. The largest absolute Gasteiger partial charge is 0.452 e. The van der Waals surface area contributed by atoms with Gasteiger partial charge in [-0.1, -0.05) is 24.3 Å². The van der Waals surface area contributed by atoms with E-state index in [1.54, 1.807) is 6.08 Å². The predicted molar refractivity (Wildman–Crippen MR) is 118 cm³/mol. The van der Waals surface area contributed by atoms with Gasteiger partial charge in [0.25, 0.3) is 5.91 Å². The molecule has 30 heavy (non-hydrogen) atoms. The summed E-state index contributed by atoms with van der Waals surface area (Å²) in [5, 5.41) is 7.27. The number of hydrogen-bond donors (Lipinski definition) is 1. The number of hydrogen-bond acceptors (Lipinski definition) is 4. The Morgan fingerprint density at radius 3 is 2.47 bits per heavy atom. The van der Waals surface area contributed by atoms with E-state index >= 15 is 0 Å². The number of para-hydroxylation sites is 1. The van der Waals surface area contributed by atoms with Crippen LogP contribution >= 0.6 is 0 Å². The van der Waals surface area contributed by atoms with E-state index in [1.165, 1.54) is 6.08 Å². The van der Waals surface area contributed by atoms with Crippen LogP contribution in [0.4, 0.5) is 5.69 Å². The monoisotopic (exact) mass is 403 g/mol. The first-order chi connectivity index (χ1) is 14.3. The molecule has 6 heteroatoms. The lowest BCUT2D eigenvalue weighted by Gasteiger charge is -2.07. The fourth-order valence-corrected chi connectivity index (χ4v) is 3.07. The number of carbonyl (C=O) groups excluding carboxylic acids is 2. The van der Waals surface area contributed by atoms with Gasteiger partial charge in [-0.2, -0.15) is 5.10 Å². The molecule has 3 aromatic rings. The zero-order valence-electron chi connectivity index (χ0n) is 17.6. The number of nitrogens with zero attached hydrogens (tertiary/aromatic N) is 2. The molecule has 1 heterocycles. The van der Waals surface area contributed by atoms with E-state index in [1.807, 2.05) is 80.9 Å². The number of aromatic nitrogens is 2. The third kappa shape index (κ3) is 5.03. The van der Waals surface area contributed by atoms with Gasteiger partial charge < -0.3 is 10.1 Å². The lowest BCUT2D eigenvalue weighted by Crippen LogP contribution is -2.20. The number of ether oxygens (including phenoxy) is 1. The Morgan fingerprint density at radius 1 is 1.03 bits per heavy atom. The molecule has 3 rings (SSSR count). The van der Waals surface area contributed by atoms with Gasteiger partial charge in [-0.15, -0.1) is 0 Å². The van der Waals surface area contributed by atoms with Gasteiger partial charge in [0.2, 0.25) is 0 Å². The Hall–Kier alpha value is -3.67. The maximum absolute atomic E-state index is 12.1. The number of rotatable bonds is 6. The normalized spacial score (nSPS) is 10.9. The molecule has 6 nitrogen and oxygen atoms in total. The van der Waals surface area contributed by atoms with Gasteiger partial charge in [0.05, 0.1) is 11.4 Å². The molecule has 2 aromatic carbocycles. The van der Waals surface area contributed by atoms with Crippen LogP contribution < -0.4 is 5.32 Å². The lowest BCUT2D eigenvalue weighted by atomic mass is 10.1. The third-order valence-corrected chi connectivity index (χ3v) is 4.87. The molecule has 0 bridgehead atoms. The second-order valence-electron chi connectivity index (χ2n) is 7.12. The molecule has 0 spiro atoms. The Morgan fingerprint density at radius 2 is 1.77 bits per heavy atom. The first-order valence-electron chi connectivity index (χ1n) is 9.68. The molecule has 0 aliphatic heterocycles. The van der Waals surface area contributed by atoms with Crippen LogP contribution in [0.25, 0.3) is 11.8 Å². The summed E-state index contributed by atoms with van der Waals surface area (Å²) in [5.41, 5.74) is 6.40. The second-order valence-corrected chi connectivity index (χ2v) is 7.12. The fourth-order valence-electron chi connectivity index (χ4n) is 3.07. The molecule has 1 aromatic heterocycles. The van der Waals surface area contributed by atoms with Crippen molar-refractivity contribution in [1.82, 2.24) is 9.78 Å². The highest BCUT2D eigenvalue weighted by atomic mass is 16.5. The highest BCUT2D eigenvalue weighted by Gasteiger charge is 2.11. The van der Waals surface area contributed by atoms with Crippen molar-refractivity contribution in [1.29, 1.82) is 0 Å². The van der Waals surface area contributed by atoms with Crippen molar-refractivity contribution in [3.05, 3.63) is 82.7 Å². The highest BCUT2D eigenvalue weighted by Crippen LogP contribution is 2.19. The van der Waals surface area contributed by atoms with E-state index in [9.17, 15) is 9.59 Å². The van der Waals surface area contributed by atoms with Crippen LogP contribution in [-0.2, 0) is 14.3 Å². The van der Waals surface area contributed by atoms with E-state index < -0.39 is 5.97 Å². The minimum atomic E-state index is -0.587. The molecule has 0 unspecified atom stereocenters. The van der Waals surface area contributed by atoms with Crippen molar-refractivity contribution in [2.24, 2.45) is 0 Å². The minimum absolute atomic E-state index is 0.350. The van der Waals surface area contributed by atoms with Gasteiger partial charge in [0.15, 0.2) is 6.61 Å². The standard InChI is InChI=1S/C24H25N3O3/c1-16-10-11-20(14-17(16)2)25-23(28)15-30-24(29)13-12-22-18(3)26-27(19(22)4)21-8-6-5-7-9-21/h5-14H,15H2,1-4H3,(H,25,28)/b13-12+. The lowest BCUT2D eigenvalue weighted by molar-refractivity contribution is -0.142. The summed E-state index contributed by atoms with van der Waals surface area (Å²) >= 11 is 0. The zero-order valence-corrected chi connectivity index (χ0v) is 17.6. The molecular weight excluding hydrogens is 378 g/mol. The number of amides is 1. The third-order valence-electron chi connectivity index (χ3n) is 4.87. The van der Waals surface area contributed by atoms with Crippen molar-refractivity contribution in [3.8, 4) is 5.69 Å². The summed E-state index contributed by atoms with van der Waals surface area (Å²) in [4.78, 5) is 24.1. The summed E-state index contributed by atoms with van der Waals surface area (Å²) in [7, 11) is 0. The Labute approximate surface area is 176 Å². The summed E-state index contributed by atoms with van der Waals surface area (Å²) < 4.78 is 6.89. The van der Waals surface area contributed by atoms with Crippen molar-refractivity contribution in [2.75, 3.05) is 11.9 Å². The van der Waals surface area contributed by atoms with E-state index in [2.05, 4.69) is 10.4 Å². The number of benzene rings is 2. The maximum Gasteiger partial charge on any atom is 0.331 e. The summed E-state index contributed by atoms with van der Waals surface area (Å²) in [6.07, 6.45) is 2.98. The summed E-state index contributed by atoms with van der Waals surface area (Å²) in [6.45, 7) is 7.45. The van der Waals surface area contributed by atoms with Gasteiger partial charge >= 0.3 is 5.97 Å². The van der Waals surface area contributed by atoms with Crippen molar-refractivity contribution in [2.45, 2.75) is 27.7 Å². The van der Waals surface area contributed by atoms with Crippen molar-refractivity contribution < 1.29 is 14.3 Å². The quantitative estimate of drug-likeness (QED) is 0.492. The van der Waals surface area contributed by atoms with E-state index in [0.29, 0.717) is 5.69 Å². The van der Waals surface area contributed by atoms with Crippen molar-refractivity contribution >= 4 is 23.6 Å². The molecule has 0 saturated heterocycles. The van der Waals surface area contributed by atoms with Gasteiger partial charge in [0.1, 0.15) is 0 Å². The van der Waals surface area contributed by atoms with Gasteiger partial charge in [-0.3, -0.25) is 4.79 Å². The van der Waals surface area contributed by atoms with Crippen molar-refractivity contribution in [3.63, 3.8) is 0 Å². The maximum atomic E-state index is 12.1. The van der Waals surface area contributed by atoms with Gasteiger partial charge in [-0.05, 0) is 69.2 Å². The Balaban J connectivity index is 1.59. The summed E-state index contributed by atoms with van der Waals surface area (Å²) in [5.74, 6) is -0.972. The molecule has 0 aliphatic carbocycles. The average molecular weight is 403 g/mol. The predicted octanol–water partition coefficient (Wildman–Crippen LogP) is 4.30. The average Bonchev–Trinajstić information content (AvgIpc) is 3.02. The first kappa shape index (κ1) is 21.0. The van der Waals surface area contributed by atoms with Crippen LogP contribution in [0.1, 0.15) is 28.1 Å². The van der Waals surface area contributed by atoms with Gasteiger partial charge in [0, 0.05) is 23.0 Å². The zero-order chi connectivity index (χ0) is 21.7. The van der Waals surface area contributed by atoms with Gasteiger partial charge in [-0.25, -0.2) is 9.48 Å². The second kappa shape index (κ2) is 9.22. The molecule has 0 atom stereocenters. The number of anilines is 1. The molecular formula is C24H25N3O3. The topological polar surface area (TPSA) is 73.2 Å². The molecule has 0 saturated carbocycles.